The van der Waals surface area contributed by atoms with Gasteiger partial charge in [0, 0.05) is 37.1 Å². The van der Waals surface area contributed by atoms with Crippen molar-refractivity contribution in [1.29, 1.82) is 0 Å². The van der Waals surface area contributed by atoms with Crippen LogP contribution in [0.1, 0.15) is 35.0 Å². The maximum absolute atomic E-state index is 12.1. The Hall–Kier alpha value is -2.76. The van der Waals surface area contributed by atoms with Crippen LogP contribution in [0.4, 0.5) is 11.5 Å². The summed E-state index contributed by atoms with van der Waals surface area (Å²) in [6.45, 7) is 4.71. The Morgan fingerprint density at radius 2 is 2.00 bits per heavy atom. The van der Waals surface area contributed by atoms with Gasteiger partial charge in [0.15, 0.2) is 0 Å². The molecule has 1 fully saturated rings. The van der Waals surface area contributed by atoms with E-state index >= 15 is 0 Å². The molecule has 1 atom stereocenters. The fourth-order valence-corrected chi connectivity index (χ4v) is 4.16. The van der Waals surface area contributed by atoms with Crippen LogP contribution < -0.4 is 20.3 Å². The molecule has 1 aliphatic carbocycles. The molecule has 1 saturated heterocycles. The molecule has 1 aromatic heterocycles. The Bertz CT molecular complexity index is 850. The summed E-state index contributed by atoms with van der Waals surface area (Å²) >= 11 is 0. The molecule has 6 heteroatoms. The van der Waals surface area contributed by atoms with Crippen molar-refractivity contribution in [2.75, 3.05) is 36.5 Å². The Labute approximate surface area is 159 Å². The topological polar surface area (TPSA) is 71.7 Å². The van der Waals surface area contributed by atoms with E-state index in [0.29, 0.717) is 5.56 Å². The number of carbonyl (C=O) groups excluding carboxylic acids is 1. The molecular formula is C21H26N4O2. The summed E-state index contributed by atoms with van der Waals surface area (Å²) in [5, 5.41) is 0. The molecule has 2 aromatic rings. The zero-order chi connectivity index (χ0) is 19.0. The number of fused-ring (bicyclic) bond motifs is 1. The molecule has 1 aromatic carbocycles. The van der Waals surface area contributed by atoms with Crippen LogP contribution in [-0.2, 0) is 12.8 Å². The van der Waals surface area contributed by atoms with Crippen LogP contribution in [0.15, 0.2) is 30.3 Å². The zero-order valence-corrected chi connectivity index (χ0v) is 15.9. The number of benzene rings is 1. The Balaban J connectivity index is 1.57. The van der Waals surface area contributed by atoms with E-state index in [9.17, 15) is 4.79 Å². The van der Waals surface area contributed by atoms with E-state index in [-0.39, 0.29) is 6.04 Å². The van der Waals surface area contributed by atoms with E-state index in [1.165, 1.54) is 11.3 Å². The normalized spacial score (nSPS) is 19.1. The molecule has 2 N–H and O–H groups in total. The maximum Gasteiger partial charge on any atom is 0.252 e. The number of amides is 1. The first kappa shape index (κ1) is 17.6. The molecule has 1 amide bonds. The molecule has 0 bridgehead atoms. The summed E-state index contributed by atoms with van der Waals surface area (Å²) in [5.74, 6) is 1.22. The van der Waals surface area contributed by atoms with Crippen molar-refractivity contribution >= 4 is 17.4 Å². The van der Waals surface area contributed by atoms with Gasteiger partial charge in [-0.25, -0.2) is 4.98 Å². The number of rotatable bonds is 4. The first-order valence-corrected chi connectivity index (χ1v) is 9.55. The number of nitrogens with two attached hydrogens (primary N) is 1. The highest BCUT2D eigenvalue weighted by Crippen LogP contribution is 2.30. The van der Waals surface area contributed by atoms with Gasteiger partial charge in [-0.1, -0.05) is 0 Å². The highest BCUT2D eigenvalue weighted by Gasteiger charge is 2.29. The number of ether oxygens (including phenoxy) is 1. The van der Waals surface area contributed by atoms with Crippen molar-refractivity contribution < 1.29 is 9.53 Å². The van der Waals surface area contributed by atoms with E-state index in [1.807, 2.05) is 18.2 Å². The van der Waals surface area contributed by atoms with Crippen molar-refractivity contribution in [1.82, 2.24) is 4.98 Å². The number of primary amides is 1. The summed E-state index contributed by atoms with van der Waals surface area (Å²) in [7, 11) is 1.68. The van der Waals surface area contributed by atoms with Crippen molar-refractivity contribution in [3.05, 3.63) is 47.2 Å². The van der Waals surface area contributed by atoms with Crippen LogP contribution in [0.2, 0.25) is 0 Å². The van der Waals surface area contributed by atoms with Gasteiger partial charge in [-0.3, -0.25) is 4.79 Å². The number of pyridine rings is 1. The standard InChI is InChI=1S/C21H26N4O2/c1-14-13-24(16-6-8-17(27-2)9-7-16)10-11-25(14)21-18(20(22)26)12-15-4-3-5-19(15)23-21/h6-9,12,14H,3-5,10-11,13H2,1-2H3,(H2,22,26)/t14-/m1/s1. The molecule has 27 heavy (non-hydrogen) atoms. The molecule has 1 aliphatic heterocycles. The van der Waals surface area contributed by atoms with Gasteiger partial charge in [-0.05, 0) is 62.1 Å². The molecule has 0 radical (unpaired) electrons. The number of aromatic nitrogens is 1. The van der Waals surface area contributed by atoms with Gasteiger partial charge in [0.2, 0.25) is 0 Å². The van der Waals surface area contributed by atoms with Crippen molar-refractivity contribution in [3.8, 4) is 5.75 Å². The number of hydrogen-bond donors (Lipinski definition) is 1. The Morgan fingerprint density at radius 3 is 2.67 bits per heavy atom. The monoisotopic (exact) mass is 366 g/mol. The minimum absolute atomic E-state index is 0.228. The minimum Gasteiger partial charge on any atom is -0.497 e. The average molecular weight is 366 g/mol. The summed E-state index contributed by atoms with van der Waals surface area (Å²) in [5.41, 5.74) is 9.72. The van der Waals surface area contributed by atoms with Gasteiger partial charge < -0.3 is 20.3 Å². The number of anilines is 2. The minimum atomic E-state index is -0.392. The molecule has 0 saturated carbocycles. The quantitative estimate of drug-likeness (QED) is 0.900. The lowest BCUT2D eigenvalue weighted by molar-refractivity contribution is 0.1000. The summed E-state index contributed by atoms with van der Waals surface area (Å²) in [6.07, 6.45) is 3.08. The third kappa shape index (κ3) is 3.31. The van der Waals surface area contributed by atoms with Crippen LogP contribution >= 0.6 is 0 Å². The van der Waals surface area contributed by atoms with Crippen molar-refractivity contribution in [3.63, 3.8) is 0 Å². The van der Waals surface area contributed by atoms with E-state index in [1.54, 1.807) is 7.11 Å². The Morgan fingerprint density at radius 1 is 1.22 bits per heavy atom. The maximum atomic E-state index is 12.1. The first-order valence-electron chi connectivity index (χ1n) is 9.55. The van der Waals surface area contributed by atoms with E-state index in [2.05, 4.69) is 28.9 Å². The predicted octanol–water partition coefficient (Wildman–Crippen LogP) is 2.39. The van der Waals surface area contributed by atoms with Gasteiger partial charge >= 0.3 is 0 Å². The molecule has 142 valence electrons. The van der Waals surface area contributed by atoms with Crippen LogP contribution in [0.5, 0.6) is 5.75 Å². The lowest BCUT2D eigenvalue weighted by Gasteiger charge is -2.42. The first-order chi connectivity index (χ1) is 13.1. The second kappa shape index (κ2) is 7.10. The molecule has 6 nitrogen and oxygen atoms in total. The smallest absolute Gasteiger partial charge is 0.252 e. The van der Waals surface area contributed by atoms with Crippen LogP contribution in [-0.4, -0.2) is 43.7 Å². The SMILES string of the molecule is COc1ccc(N2CCN(c3nc4c(cc3C(N)=O)CCC4)[C@H](C)C2)cc1. The molecule has 0 spiro atoms. The summed E-state index contributed by atoms with van der Waals surface area (Å²) in [6, 6.07) is 10.3. The van der Waals surface area contributed by atoms with Gasteiger partial charge in [0.1, 0.15) is 11.6 Å². The third-order valence-corrected chi connectivity index (χ3v) is 5.63. The second-order valence-corrected chi connectivity index (χ2v) is 7.37. The van der Waals surface area contributed by atoms with Crippen molar-refractivity contribution in [2.24, 2.45) is 5.73 Å². The zero-order valence-electron chi connectivity index (χ0n) is 15.9. The van der Waals surface area contributed by atoms with Crippen LogP contribution in [0, 0.1) is 0 Å². The molecule has 0 unspecified atom stereocenters. The number of methoxy groups -OCH3 is 1. The lowest BCUT2D eigenvalue weighted by atomic mass is 10.1. The average Bonchev–Trinajstić information content (AvgIpc) is 3.14. The predicted molar refractivity (Wildman–Crippen MR) is 107 cm³/mol. The van der Waals surface area contributed by atoms with E-state index in [0.717, 1.165) is 56.2 Å². The van der Waals surface area contributed by atoms with E-state index in [4.69, 9.17) is 15.5 Å². The van der Waals surface area contributed by atoms with Gasteiger partial charge in [-0.15, -0.1) is 0 Å². The van der Waals surface area contributed by atoms with E-state index < -0.39 is 5.91 Å². The number of hydrogen-bond acceptors (Lipinski definition) is 5. The van der Waals surface area contributed by atoms with Gasteiger partial charge in [0.05, 0.1) is 12.7 Å². The fraction of sp³-hybridized carbons (Fsp3) is 0.429. The molecular weight excluding hydrogens is 340 g/mol. The van der Waals surface area contributed by atoms with Gasteiger partial charge in [-0.2, -0.15) is 0 Å². The number of piperazine rings is 1. The molecule has 4 rings (SSSR count). The largest absolute Gasteiger partial charge is 0.497 e. The number of carbonyl (C=O) groups is 1. The Kier molecular flexibility index (Phi) is 4.64. The van der Waals surface area contributed by atoms with Gasteiger partial charge in [0.25, 0.3) is 5.91 Å². The molecule has 2 heterocycles. The number of aryl methyl sites for hydroxylation is 2. The fourth-order valence-electron chi connectivity index (χ4n) is 4.16. The second-order valence-electron chi connectivity index (χ2n) is 7.37. The third-order valence-electron chi connectivity index (χ3n) is 5.63. The molecule has 2 aliphatic rings. The summed E-state index contributed by atoms with van der Waals surface area (Å²) in [4.78, 5) is 21.5. The van der Waals surface area contributed by atoms with Crippen LogP contribution in [0.3, 0.4) is 0 Å². The lowest BCUT2D eigenvalue weighted by Crippen LogP contribution is -2.53. The van der Waals surface area contributed by atoms with Crippen molar-refractivity contribution in [2.45, 2.75) is 32.2 Å². The highest BCUT2D eigenvalue weighted by molar-refractivity contribution is 5.98. The number of nitrogens with zero attached hydrogens (tertiary/aromatic N) is 3. The summed E-state index contributed by atoms with van der Waals surface area (Å²) < 4.78 is 5.25. The highest BCUT2D eigenvalue weighted by atomic mass is 16.5. The van der Waals surface area contributed by atoms with Crippen LogP contribution in [0.25, 0.3) is 0 Å².